The Bertz CT molecular complexity index is 1530. The van der Waals surface area contributed by atoms with Gasteiger partial charge in [-0.3, -0.25) is 0 Å². The number of ether oxygens (including phenoxy) is 1. The minimum absolute atomic E-state index is 0.112. The van der Waals surface area contributed by atoms with Gasteiger partial charge in [0.05, 0.1) is 18.3 Å². The molecule has 0 saturated heterocycles. The molecule has 4 nitrogen and oxygen atoms in total. The first-order valence-electron chi connectivity index (χ1n) is 14.3. The van der Waals surface area contributed by atoms with Crippen LogP contribution in [0.2, 0.25) is 0 Å². The highest BCUT2D eigenvalue weighted by Gasteiger charge is 2.21. The van der Waals surface area contributed by atoms with Gasteiger partial charge in [0.1, 0.15) is 0 Å². The molecule has 2 aliphatic rings. The second kappa shape index (κ2) is 15.6. The minimum Gasteiger partial charge on any atom is -0.431 e. The number of benzene rings is 2. The molecule has 0 heterocycles. The molecule has 2 atom stereocenters. The van der Waals surface area contributed by atoms with E-state index in [9.17, 15) is 4.79 Å². The molecule has 0 radical (unpaired) electrons. The maximum atomic E-state index is 11.4. The van der Waals surface area contributed by atoms with E-state index in [4.69, 9.17) is 4.74 Å². The van der Waals surface area contributed by atoms with E-state index in [0.717, 1.165) is 52.8 Å². The first kappa shape index (κ1) is 30.6. The summed E-state index contributed by atoms with van der Waals surface area (Å²) in [5.41, 5.74) is 6.25. The molecular formula is C39H38N2O2. The number of carbonyl (C=O) groups excluding carboxylic acids is 1. The average molecular weight is 567 g/mol. The van der Waals surface area contributed by atoms with Gasteiger partial charge in [-0.05, 0) is 78.6 Å². The highest BCUT2D eigenvalue weighted by atomic mass is 16.5. The topological polar surface area (TPSA) is 32.8 Å². The molecule has 2 aliphatic carbocycles. The summed E-state index contributed by atoms with van der Waals surface area (Å²) in [5, 5.41) is 0. The van der Waals surface area contributed by atoms with Gasteiger partial charge in [-0.1, -0.05) is 105 Å². The highest BCUT2D eigenvalue weighted by molar-refractivity contribution is 5.81. The van der Waals surface area contributed by atoms with Gasteiger partial charge in [-0.15, -0.1) is 0 Å². The third-order valence-electron chi connectivity index (χ3n) is 7.16. The molecule has 0 fully saturated rings. The van der Waals surface area contributed by atoms with Crippen molar-refractivity contribution >= 4 is 17.3 Å². The van der Waals surface area contributed by atoms with Gasteiger partial charge in [0.15, 0.2) is 0 Å². The smallest absolute Gasteiger partial charge is 0.334 e. The molecule has 4 heteroatoms. The number of hydrogen-bond acceptors (Lipinski definition) is 4. The van der Waals surface area contributed by atoms with Crippen LogP contribution in [0.3, 0.4) is 0 Å². The number of anilines is 2. The summed E-state index contributed by atoms with van der Waals surface area (Å²) >= 11 is 0. The molecule has 4 rings (SSSR count). The van der Waals surface area contributed by atoms with E-state index in [0.29, 0.717) is 0 Å². The van der Waals surface area contributed by atoms with Gasteiger partial charge in [-0.25, -0.2) is 4.79 Å². The standard InChI is InChI=1S/C39H38N2O2/c1-5-16-33(6-2)40(35-17-11-9-12-18-35)37-26-22-31(23-27-37)32-24-28-38(29-25-32)41(36-19-13-10-14-20-36)34(7-3)21-15-30-43-39(42)8-4/h5-17,19,21-30,35-36H,1-4,18,20H2. The molecule has 2 aromatic carbocycles. The summed E-state index contributed by atoms with van der Waals surface area (Å²) < 4.78 is 4.99. The molecule has 0 spiro atoms. The molecule has 0 aliphatic heterocycles. The second-order valence-corrected chi connectivity index (χ2v) is 9.86. The monoisotopic (exact) mass is 566 g/mol. The largest absolute Gasteiger partial charge is 0.431 e. The Balaban J connectivity index is 1.61. The third-order valence-corrected chi connectivity index (χ3v) is 7.16. The summed E-state index contributed by atoms with van der Waals surface area (Å²) in [6.45, 7) is 15.4. The molecule has 2 aromatic rings. The fourth-order valence-corrected chi connectivity index (χ4v) is 5.12. The van der Waals surface area contributed by atoms with Gasteiger partial charge >= 0.3 is 5.97 Å². The first-order valence-corrected chi connectivity index (χ1v) is 14.3. The van der Waals surface area contributed by atoms with Crippen LogP contribution in [0.25, 0.3) is 11.1 Å². The van der Waals surface area contributed by atoms with Crippen LogP contribution in [0.1, 0.15) is 12.8 Å². The van der Waals surface area contributed by atoms with E-state index in [1.165, 1.54) is 6.26 Å². The van der Waals surface area contributed by atoms with Crippen molar-refractivity contribution in [3.8, 4) is 11.1 Å². The first-order chi connectivity index (χ1) is 21.1. The van der Waals surface area contributed by atoms with E-state index < -0.39 is 5.97 Å². The normalized spacial score (nSPS) is 17.9. The van der Waals surface area contributed by atoms with Crippen LogP contribution in [0, 0.1) is 0 Å². The van der Waals surface area contributed by atoms with Crippen molar-refractivity contribution < 1.29 is 9.53 Å². The number of nitrogens with zero attached hydrogens (tertiary/aromatic N) is 2. The van der Waals surface area contributed by atoms with Crippen LogP contribution in [0.5, 0.6) is 0 Å². The van der Waals surface area contributed by atoms with Gasteiger partial charge in [0.2, 0.25) is 0 Å². The fourth-order valence-electron chi connectivity index (χ4n) is 5.12. The zero-order chi connectivity index (χ0) is 30.4. The molecule has 0 amide bonds. The summed E-state index contributed by atoms with van der Waals surface area (Å²) in [6, 6.07) is 17.5. The van der Waals surface area contributed by atoms with Crippen LogP contribution in [-0.2, 0) is 9.53 Å². The third kappa shape index (κ3) is 7.90. The van der Waals surface area contributed by atoms with Crippen LogP contribution < -0.4 is 9.80 Å². The van der Waals surface area contributed by atoms with Crippen molar-refractivity contribution in [1.29, 1.82) is 0 Å². The van der Waals surface area contributed by atoms with Gasteiger partial charge < -0.3 is 14.5 Å². The van der Waals surface area contributed by atoms with Crippen molar-refractivity contribution in [1.82, 2.24) is 0 Å². The number of allylic oxidation sites excluding steroid dienone is 10. The molecule has 0 saturated carbocycles. The Kier molecular flexibility index (Phi) is 11.1. The Labute approximate surface area is 256 Å². The summed E-state index contributed by atoms with van der Waals surface area (Å²) in [4.78, 5) is 15.9. The number of carbonyl (C=O) groups is 1. The zero-order valence-electron chi connectivity index (χ0n) is 24.5. The number of rotatable bonds is 13. The van der Waals surface area contributed by atoms with Crippen LogP contribution >= 0.6 is 0 Å². The highest BCUT2D eigenvalue weighted by Crippen LogP contribution is 2.32. The van der Waals surface area contributed by atoms with Gasteiger partial charge in [0.25, 0.3) is 0 Å². The lowest BCUT2D eigenvalue weighted by Gasteiger charge is -2.33. The lowest BCUT2D eigenvalue weighted by molar-refractivity contribution is -0.132. The van der Waals surface area contributed by atoms with Crippen molar-refractivity contribution in [2.75, 3.05) is 9.80 Å². The minimum atomic E-state index is -0.504. The second-order valence-electron chi connectivity index (χ2n) is 9.86. The van der Waals surface area contributed by atoms with Crippen LogP contribution in [-0.4, -0.2) is 18.1 Å². The molecular weight excluding hydrogens is 528 g/mol. The van der Waals surface area contributed by atoms with Gasteiger partial charge in [0, 0.05) is 28.8 Å². The van der Waals surface area contributed by atoms with Crippen LogP contribution in [0.4, 0.5) is 11.4 Å². The van der Waals surface area contributed by atoms with Crippen LogP contribution in [0.15, 0.2) is 184 Å². The van der Waals surface area contributed by atoms with Crippen molar-refractivity contribution in [3.05, 3.63) is 184 Å². The summed E-state index contributed by atoms with van der Waals surface area (Å²) in [7, 11) is 0. The molecule has 2 unspecified atom stereocenters. The van der Waals surface area contributed by atoms with Crippen molar-refractivity contribution in [2.24, 2.45) is 0 Å². The number of hydrogen-bond donors (Lipinski definition) is 0. The van der Waals surface area contributed by atoms with E-state index in [1.54, 1.807) is 18.2 Å². The SMILES string of the molecule is C=CC=C(C=C)N(c1ccc(-c2ccc(N(C(C=C)=CC=COC(=O)C=C)C3C=CC=CC3)cc2)cc1)C1C=CC=CC1. The lowest BCUT2D eigenvalue weighted by atomic mass is 10.0. The molecule has 0 N–H and O–H groups in total. The Morgan fingerprint density at radius 3 is 1.56 bits per heavy atom. The van der Waals surface area contributed by atoms with E-state index in [1.807, 2.05) is 18.2 Å². The predicted molar refractivity (Wildman–Crippen MR) is 182 cm³/mol. The Morgan fingerprint density at radius 1 is 0.674 bits per heavy atom. The predicted octanol–water partition coefficient (Wildman–Crippen LogP) is 9.30. The number of esters is 1. The lowest BCUT2D eigenvalue weighted by Crippen LogP contribution is -2.33. The Hall–Kier alpha value is -5.35. The maximum Gasteiger partial charge on any atom is 0.334 e. The molecule has 43 heavy (non-hydrogen) atoms. The summed E-state index contributed by atoms with van der Waals surface area (Å²) in [5.74, 6) is -0.504. The fraction of sp³-hybridized carbons (Fsp3) is 0.103. The molecule has 0 bridgehead atoms. The van der Waals surface area contributed by atoms with E-state index >= 15 is 0 Å². The summed E-state index contributed by atoms with van der Waals surface area (Å²) in [6.07, 6.45) is 32.3. The Morgan fingerprint density at radius 2 is 1.16 bits per heavy atom. The van der Waals surface area contributed by atoms with Crippen molar-refractivity contribution in [2.45, 2.75) is 24.9 Å². The van der Waals surface area contributed by atoms with Crippen molar-refractivity contribution in [3.63, 3.8) is 0 Å². The maximum absolute atomic E-state index is 11.4. The van der Waals surface area contributed by atoms with E-state index in [-0.39, 0.29) is 12.1 Å². The van der Waals surface area contributed by atoms with E-state index in [2.05, 4.69) is 133 Å². The quantitative estimate of drug-likeness (QED) is 0.105. The molecule has 0 aromatic heterocycles. The zero-order valence-corrected chi connectivity index (χ0v) is 24.5. The average Bonchev–Trinajstić information content (AvgIpc) is 3.07. The molecule has 216 valence electrons. The van der Waals surface area contributed by atoms with Gasteiger partial charge in [-0.2, -0.15) is 0 Å².